The van der Waals surface area contributed by atoms with Gasteiger partial charge in [0, 0.05) is 22.8 Å². The molecular weight excluding hydrogens is 314 g/mol. The maximum absolute atomic E-state index is 13.2. The third kappa shape index (κ3) is 2.31. The second-order valence-corrected chi connectivity index (χ2v) is 6.09. The van der Waals surface area contributed by atoms with Gasteiger partial charge in [-0.3, -0.25) is 4.79 Å². The Labute approximate surface area is 145 Å². The topological polar surface area (TPSA) is 49.0 Å². The summed E-state index contributed by atoms with van der Waals surface area (Å²) in [5.41, 5.74) is 3.48. The highest BCUT2D eigenvalue weighted by atomic mass is 16.5. The van der Waals surface area contributed by atoms with Gasteiger partial charge in [0.05, 0.1) is 19.0 Å². The summed E-state index contributed by atoms with van der Waals surface area (Å²) in [4.78, 5) is 13.2. The van der Waals surface area contributed by atoms with Crippen LogP contribution in [-0.4, -0.2) is 21.5 Å². The Morgan fingerprint density at radius 1 is 1.08 bits per heavy atom. The van der Waals surface area contributed by atoms with E-state index in [1.807, 2.05) is 60.9 Å². The first kappa shape index (κ1) is 15.4. The van der Waals surface area contributed by atoms with Crippen molar-refractivity contribution in [3.8, 4) is 11.4 Å². The van der Waals surface area contributed by atoms with Crippen molar-refractivity contribution < 1.29 is 4.74 Å². The molecule has 0 radical (unpaired) electrons. The Hall–Kier alpha value is -3.08. The van der Waals surface area contributed by atoms with Crippen LogP contribution in [-0.2, 0) is 6.54 Å². The zero-order valence-corrected chi connectivity index (χ0v) is 14.5. The monoisotopic (exact) mass is 333 g/mol. The number of hydrogen-bond donors (Lipinski definition) is 0. The number of benzene rings is 2. The van der Waals surface area contributed by atoms with E-state index in [2.05, 4.69) is 5.10 Å². The molecule has 0 atom stereocenters. The van der Waals surface area contributed by atoms with E-state index < -0.39 is 0 Å². The second-order valence-electron chi connectivity index (χ2n) is 6.09. The van der Waals surface area contributed by atoms with Crippen LogP contribution in [0.25, 0.3) is 27.5 Å². The molecule has 0 unspecified atom stereocenters. The Morgan fingerprint density at radius 3 is 2.52 bits per heavy atom. The normalized spacial score (nSPS) is 11.3. The molecule has 0 aliphatic carbocycles. The number of hydrogen-bond acceptors (Lipinski definition) is 3. The maximum Gasteiger partial charge on any atom is 0.296 e. The molecule has 0 saturated heterocycles. The molecular formula is C20H19N3O2. The smallest absolute Gasteiger partial charge is 0.296 e. The summed E-state index contributed by atoms with van der Waals surface area (Å²) in [7, 11) is 1.64. The van der Waals surface area contributed by atoms with Crippen molar-refractivity contribution in [1.82, 2.24) is 14.3 Å². The quantitative estimate of drug-likeness (QED) is 0.575. The van der Waals surface area contributed by atoms with Crippen LogP contribution in [0, 0.1) is 6.92 Å². The Balaban J connectivity index is 2.08. The molecule has 0 amide bonds. The first-order valence-electron chi connectivity index (χ1n) is 8.29. The van der Waals surface area contributed by atoms with Crippen LogP contribution < -0.4 is 10.3 Å². The number of nitrogens with zero attached hydrogens (tertiary/aromatic N) is 3. The summed E-state index contributed by atoms with van der Waals surface area (Å²) in [5, 5.41) is 6.24. The van der Waals surface area contributed by atoms with E-state index in [0.29, 0.717) is 12.1 Å². The largest absolute Gasteiger partial charge is 0.497 e. The average molecular weight is 333 g/mol. The SMILES string of the molecule is CCn1c2ccc(OC)cc2c2cnn(-c3ccc(C)cc3)c(=O)c21. The van der Waals surface area contributed by atoms with E-state index in [1.54, 1.807) is 13.3 Å². The lowest BCUT2D eigenvalue weighted by atomic mass is 10.2. The van der Waals surface area contributed by atoms with Gasteiger partial charge in [0.2, 0.25) is 0 Å². The third-order valence-electron chi connectivity index (χ3n) is 4.60. The number of aryl methyl sites for hydroxylation is 2. The van der Waals surface area contributed by atoms with Gasteiger partial charge in [-0.05, 0) is 44.2 Å². The molecule has 4 aromatic rings. The molecule has 0 bridgehead atoms. The van der Waals surface area contributed by atoms with E-state index in [4.69, 9.17) is 4.74 Å². The highest BCUT2D eigenvalue weighted by Crippen LogP contribution is 2.29. The molecule has 126 valence electrons. The summed E-state index contributed by atoms with van der Waals surface area (Å²) in [6, 6.07) is 13.7. The number of aromatic nitrogens is 3. The summed E-state index contributed by atoms with van der Waals surface area (Å²) in [6.07, 6.45) is 1.77. The summed E-state index contributed by atoms with van der Waals surface area (Å²) in [5.74, 6) is 0.769. The first-order valence-corrected chi connectivity index (χ1v) is 8.29. The van der Waals surface area contributed by atoms with Gasteiger partial charge < -0.3 is 9.30 Å². The van der Waals surface area contributed by atoms with E-state index in [9.17, 15) is 4.79 Å². The summed E-state index contributed by atoms with van der Waals surface area (Å²) in [6.45, 7) is 4.77. The van der Waals surface area contributed by atoms with Crippen molar-refractivity contribution in [1.29, 1.82) is 0 Å². The van der Waals surface area contributed by atoms with Gasteiger partial charge in [0.1, 0.15) is 11.3 Å². The minimum atomic E-state index is -0.113. The van der Waals surface area contributed by atoms with Crippen LogP contribution in [0.15, 0.2) is 53.5 Å². The van der Waals surface area contributed by atoms with Crippen molar-refractivity contribution in [3.05, 3.63) is 64.6 Å². The molecule has 0 saturated carbocycles. The number of methoxy groups -OCH3 is 1. The zero-order chi connectivity index (χ0) is 17.6. The van der Waals surface area contributed by atoms with Crippen LogP contribution in [0.3, 0.4) is 0 Å². The van der Waals surface area contributed by atoms with Gasteiger partial charge in [-0.25, -0.2) is 0 Å². The van der Waals surface area contributed by atoms with Gasteiger partial charge >= 0.3 is 0 Å². The van der Waals surface area contributed by atoms with Crippen molar-refractivity contribution >= 4 is 21.8 Å². The van der Waals surface area contributed by atoms with Crippen LogP contribution in [0.5, 0.6) is 5.75 Å². The van der Waals surface area contributed by atoms with Gasteiger partial charge in [-0.15, -0.1) is 0 Å². The fourth-order valence-corrected chi connectivity index (χ4v) is 3.31. The molecule has 2 heterocycles. The van der Waals surface area contributed by atoms with Crippen molar-refractivity contribution in [2.75, 3.05) is 7.11 Å². The molecule has 0 aliphatic rings. The molecule has 4 rings (SSSR count). The molecule has 2 aromatic carbocycles. The van der Waals surface area contributed by atoms with E-state index in [-0.39, 0.29) is 5.56 Å². The number of rotatable bonds is 3. The molecule has 0 N–H and O–H groups in total. The fraction of sp³-hybridized carbons (Fsp3) is 0.200. The fourth-order valence-electron chi connectivity index (χ4n) is 3.31. The first-order chi connectivity index (χ1) is 12.1. The minimum absolute atomic E-state index is 0.113. The van der Waals surface area contributed by atoms with Gasteiger partial charge in [0.15, 0.2) is 0 Å². The van der Waals surface area contributed by atoms with Gasteiger partial charge in [-0.1, -0.05) is 17.7 Å². The minimum Gasteiger partial charge on any atom is -0.497 e. The standard InChI is InChI=1S/C20H19N3O2/c1-4-22-18-10-9-15(25-3)11-16(18)17-12-21-23(20(24)19(17)22)14-7-5-13(2)6-8-14/h5-12H,4H2,1-3H3. The Kier molecular flexibility index (Phi) is 3.57. The predicted molar refractivity (Wildman–Crippen MR) is 99.8 cm³/mol. The van der Waals surface area contributed by atoms with Crippen molar-refractivity contribution in [2.45, 2.75) is 20.4 Å². The van der Waals surface area contributed by atoms with Gasteiger partial charge in [0.25, 0.3) is 5.56 Å². The van der Waals surface area contributed by atoms with Crippen LogP contribution in [0.1, 0.15) is 12.5 Å². The highest BCUT2D eigenvalue weighted by molar-refractivity contribution is 6.07. The molecule has 5 heteroatoms. The molecule has 0 fully saturated rings. The predicted octanol–water partition coefficient (Wildman–Crippen LogP) is 3.68. The van der Waals surface area contributed by atoms with E-state index in [1.165, 1.54) is 4.68 Å². The highest BCUT2D eigenvalue weighted by Gasteiger charge is 2.16. The molecule has 0 aliphatic heterocycles. The molecule has 0 spiro atoms. The lowest BCUT2D eigenvalue weighted by Crippen LogP contribution is -2.22. The lowest BCUT2D eigenvalue weighted by molar-refractivity contribution is 0.415. The zero-order valence-electron chi connectivity index (χ0n) is 14.5. The van der Waals surface area contributed by atoms with Crippen LogP contribution in [0.4, 0.5) is 0 Å². The number of fused-ring (bicyclic) bond motifs is 3. The summed E-state index contributed by atoms with van der Waals surface area (Å²) < 4.78 is 8.84. The van der Waals surface area contributed by atoms with Crippen molar-refractivity contribution in [3.63, 3.8) is 0 Å². The lowest BCUT2D eigenvalue weighted by Gasteiger charge is -2.07. The molecule has 5 nitrogen and oxygen atoms in total. The second kappa shape index (κ2) is 5.77. The average Bonchev–Trinajstić information content (AvgIpc) is 2.96. The van der Waals surface area contributed by atoms with Gasteiger partial charge in [-0.2, -0.15) is 9.78 Å². The van der Waals surface area contributed by atoms with Crippen LogP contribution in [0.2, 0.25) is 0 Å². The Bertz CT molecular complexity index is 1140. The van der Waals surface area contributed by atoms with E-state index >= 15 is 0 Å². The summed E-state index contributed by atoms with van der Waals surface area (Å²) >= 11 is 0. The van der Waals surface area contributed by atoms with E-state index in [0.717, 1.165) is 33.3 Å². The Morgan fingerprint density at radius 2 is 1.84 bits per heavy atom. The maximum atomic E-state index is 13.2. The number of ether oxygens (including phenoxy) is 1. The van der Waals surface area contributed by atoms with Crippen LogP contribution >= 0.6 is 0 Å². The third-order valence-corrected chi connectivity index (χ3v) is 4.60. The molecule has 25 heavy (non-hydrogen) atoms. The molecule has 2 aromatic heterocycles. The van der Waals surface area contributed by atoms with Crippen molar-refractivity contribution in [2.24, 2.45) is 0 Å².